The monoisotopic (exact) mass is 373 g/mol. The van der Waals surface area contributed by atoms with Gasteiger partial charge in [0, 0.05) is 11.9 Å². The first-order chi connectivity index (χ1) is 11.4. The third-order valence-electron chi connectivity index (χ3n) is 3.19. The van der Waals surface area contributed by atoms with Crippen molar-refractivity contribution in [2.24, 2.45) is 0 Å². The van der Waals surface area contributed by atoms with E-state index in [1.807, 2.05) is 0 Å². The predicted molar refractivity (Wildman–Crippen MR) is 87.7 cm³/mol. The van der Waals surface area contributed by atoms with Crippen LogP contribution in [0.25, 0.3) is 10.2 Å². The molecule has 2 heterocycles. The Morgan fingerprint density at radius 3 is 2.62 bits per heavy atom. The number of nitrogens with one attached hydrogen (secondary N) is 1. The number of ether oxygens (including phenoxy) is 1. The van der Waals surface area contributed by atoms with Gasteiger partial charge in [0.15, 0.2) is 0 Å². The Hall–Kier alpha value is -2.06. The summed E-state index contributed by atoms with van der Waals surface area (Å²) in [5.74, 6) is 0.407. The number of anilines is 1. The van der Waals surface area contributed by atoms with Gasteiger partial charge in [-0.2, -0.15) is 0 Å². The van der Waals surface area contributed by atoms with E-state index in [-0.39, 0.29) is 5.75 Å². The molecule has 3 rings (SSSR count). The molecule has 1 N–H and O–H groups in total. The average molecular weight is 374 g/mol. The lowest BCUT2D eigenvalue weighted by atomic mass is 10.1. The lowest BCUT2D eigenvalue weighted by Crippen LogP contribution is -2.17. The number of benzene rings is 1. The molecule has 0 saturated carbocycles. The maximum atomic E-state index is 12.1. The Balaban J connectivity index is 1.61. The van der Waals surface area contributed by atoms with Gasteiger partial charge < -0.3 is 10.1 Å². The maximum absolute atomic E-state index is 12.1. The Labute approximate surface area is 144 Å². The summed E-state index contributed by atoms with van der Waals surface area (Å²) in [5, 5.41) is 6.34. The van der Waals surface area contributed by atoms with Gasteiger partial charge in [0.05, 0.1) is 10.4 Å². The SMILES string of the molecule is FC(F)(F)Oc1ccc(CCNc2ncnc3scc(Cl)c23)cc1. The summed E-state index contributed by atoms with van der Waals surface area (Å²) >= 11 is 7.56. The Morgan fingerprint density at radius 1 is 1.17 bits per heavy atom. The molecule has 24 heavy (non-hydrogen) atoms. The van der Waals surface area contributed by atoms with Gasteiger partial charge in [0.25, 0.3) is 0 Å². The second-order valence-corrected chi connectivity index (χ2v) is 6.12. The fourth-order valence-corrected chi connectivity index (χ4v) is 3.29. The fraction of sp³-hybridized carbons (Fsp3) is 0.200. The lowest BCUT2D eigenvalue weighted by Gasteiger charge is -2.10. The van der Waals surface area contributed by atoms with E-state index in [1.54, 1.807) is 17.5 Å². The highest BCUT2D eigenvalue weighted by atomic mass is 35.5. The minimum absolute atomic E-state index is 0.234. The largest absolute Gasteiger partial charge is 0.573 e. The number of nitrogens with zero attached hydrogens (tertiary/aromatic N) is 2. The predicted octanol–water partition coefficient (Wildman–Crippen LogP) is 4.90. The zero-order chi connectivity index (χ0) is 17.2. The number of aromatic nitrogens is 2. The van der Waals surface area contributed by atoms with Crippen molar-refractivity contribution in [3.8, 4) is 5.75 Å². The molecule has 4 nitrogen and oxygen atoms in total. The van der Waals surface area contributed by atoms with Crippen LogP contribution in [-0.2, 0) is 6.42 Å². The van der Waals surface area contributed by atoms with Crippen molar-refractivity contribution < 1.29 is 17.9 Å². The molecule has 0 unspecified atom stereocenters. The molecule has 1 aromatic carbocycles. The van der Waals surface area contributed by atoms with Crippen LogP contribution < -0.4 is 10.1 Å². The van der Waals surface area contributed by atoms with Crippen LogP contribution in [0.15, 0.2) is 36.0 Å². The first kappa shape index (κ1) is 16.8. The molecule has 0 saturated heterocycles. The lowest BCUT2D eigenvalue weighted by molar-refractivity contribution is -0.274. The van der Waals surface area contributed by atoms with Gasteiger partial charge in [-0.3, -0.25) is 0 Å². The molecule has 0 bridgehead atoms. The number of hydrogen-bond donors (Lipinski definition) is 1. The Bertz CT molecular complexity index is 836. The number of hydrogen-bond acceptors (Lipinski definition) is 5. The fourth-order valence-electron chi connectivity index (χ4n) is 2.16. The van der Waals surface area contributed by atoms with Crippen LogP contribution in [0.5, 0.6) is 5.75 Å². The van der Waals surface area contributed by atoms with Crippen molar-refractivity contribution >= 4 is 39.0 Å². The van der Waals surface area contributed by atoms with Crippen molar-refractivity contribution in [3.63, 3.8) is 0 Å². The highest BCUT2D eigenvalue weighted by molar-refractivity contribution is 7.17. The summed E-state index contributed by atoms with van der Waals surface area (Å²) in [7, 11) is 0. The molecular formula is C15H11ClF3N3OS. The van der Waals surface area contributed by atoms with Crippen molar-refractivity contribution in [1.29, 1.82) is 0 Å². The summed E-state index contributed by atoms with van der Waals surface area (Å²) in [5.41, 5.74) is 0.874. The third kappa shape index (κ3) is 4.07. The van der Waals surface area contributed by atoms with Gasteiger partial charge in [-0.1, -0.05) is 23.7 Å². The number of alkyl halides is 3. The quantitative estimate of drug-likeness (QED) is 0.691. The molecule has 0 amide bonds. The second-order valence-electron chi connectivity index (χ2n) is 4.85. The van der Waals surface area contributed by atoms with E-state index in [4.69, 9.17) is 11.6 Å². The number of halogens is 4. The van der Waals surface area contributed by atoms with Crippen molar-refractivity contribution in [2.45, 2.75) is 12.8 Å². The van der Waals surface area contributed by atoms with Crippen LogP contribution in [-0.4, -0.2) is 22.9 Å². The van der Waals surface area contributed by atoms with E-state index < -0.39 is 6.36 Å². The van der Waals surface area contributed by atoms with Crippen molar-refractivity contribution in [3.05, 3.63) is 46.6 Å². The first-order valence-corrected chi connectivity index (χ1v) is 8.14. The third-order valence-corrected chi connectivity index (χ3v) is 4.50. The van der Waals surface area contributed by atoms with Gasteiger partial charge in [-0.25, -0.2) is 9.97 Å². The van der Waals surface area contributed by atoms with Gasteiger partial charge in [-0.05, 0) is 24.1 Å². The summed E-state index contributed by atoms with van der Waals surface area (Å²) in [6, 6.07) is 5.77. The highest BCUT2D eigenvalue weighted by Gasteiger charge is 2.30. The molecule has 2 aromatic heterocycles. The summed E-state index contributed by atoms with van der Waals surface area (Å²) in [4.78, 5) is 9.12. The molecule has 0 radical (unpaired) electrons. The number of fused-ring (bicyclic) bond motifs is 1. The molecule has 3 aromatic rings. The minimum atomic E-state index is -4.68. The topological polar surface area (TPSA) is 47.0 Å². The van der Waals surface area contributed by atoms with E-state index in [0.29, 0.717) is 23.8 Å². The summed E-state index contributed by atoms with van der Waals surface area (Å²) in [6.45, 7) is 0.553. The highest BCUT2D eigenvalue weighted by Crippen LogP contribution is 2.32. The van der Waals surface area contributed by atoms with E-state index in [0.717, 1.165) is 15.8 Å². The molecule has 0 aliphatic carbocycles. The van der Waals surface area contributed by atoms with Crippen LogP contribution in [0.3, 0.4) is 0 Å². The zero-order valence-electron chi connectivity index (χ0n) is 12.1. The average Bonchev–Trinajstić information content (AvgIpc) is 2.90. The van der Waals surface area contributed by atoms with Crippen LogP contribution >= 0.6 is 22.9 Å². The first-order valence-electron chi connectivity index (χ1n) is 6.88. The van der Waals surface area contributed by atoms with Crippen molar-refractivity contribution in [2.75, 3.05) is 11.9 Å². The smallest absolute Gasteiger partial charge is 0.406 e. The number of thiophene rings is 1. The molecule has 0 spiro atoms. The molecule has 9 heteroatoms. The Kier molecular flexibility index (Phi) is 4.77. The molecule has 0 atom stereocenters. The molecule has 0 aliphatic rings. The Morgan fingerprint density at radius 2 is 1.92 bits per heavy atom. The minimum Gasteiger partial charge on any atom is -0.406 e. The maximum Gasteiger partial charge on any atom is 0.573 e. The zero-order valence-corrected chi connectivity index (χ0v) is 13.7. The van der Waals surface area contributed by atoms with E-state index in [9.17, 15) is 13.2 Å². The van der Waals surface area contributed by atoms with Gasteiger partial charge in [0.1, 0.15) is 22.7 Å². The summed E-state index contributed by atoms with van der Waals surface area (Å²) < 4.78 is 40.2. The van der Waals surface area contributed by atoms with Crippen LogP contribution in [0.1, 0.15) is 5.56 Å². The normalized spacial score (nSPS) is 11.7. The molecule has 126 valence electrons. The van der Waals surface area contributed by atoms with Gasteiger partial charge >= 0.3 is 6.36 Å². The van der Waals surface area contributed by atoms with E-state index in [2.05, 4.69) is 20.0 Å². The van der Waals surface area contributed by atoms with Gasteiger partial charge in [0.2, 0.25) is 0 Å². The van der Waals surface area contributed by atoms with Crippen LogP contribution in [0, 0.1) is 0 Å². The molecular weight excluding hydrogens is 363 g/mol. The van der Waals surface area contributed by atoms with Crippen molar-refractivity contribution in [1.82, 2.24) is 9.97 Å². The standard InChI is InChI=1S/C15H11ClF3N3OS/c16-11-7-24-14-12(11)13(21-8-22-14)20-6-5-9-1-3-10(4-2-9)23-15(17,18)19/h1-4,7-8H,5-6H2,(H,20,21,22). The van der Waals surface area contributed by atoms with Gasteiger partial charge in [-0.15, -0.1) is 24.5 Å². The van der Waals surface area contributed by atoms with Crippen LogP contribution in [0.2, 0.25) is 5.02 Å². The van der Waals surface area contributed by atoms with E-state index in [1.165, 1.54) is 29.8 Å². The number of rotatable bonds is 5. The summed E-state index contributed by atoms with van der Waals surface area (Å²) in [6.07, 6.45) is -2.61. The van der Waals surface area contributed by atoms with E-state index >= 15 is 0 Å². The molecule has 0 aliphatic heterocycles. The van der Waals surface area contributed by atoms with Crippen LogP contribution in [0.4, 0.5) is 19.0 Å². The molecule has 0 fully saturated rings. The second kappa shape index (κ2) is 6.82.